The SMILES string of the molecule is C[C@@H]1C[C@@H](C)CN(C(=O)COC(=O)c2ccc3noc(-c4ccccc4)c3c2)C1. The Morgan fingerprint density at radius 2 is 1.83 bits per heavy atom. The molecule has 1 aromatic heterocycles. The average Bonchev–Trinajstić information content (AvgIpc) is 3.15. The van der Waals surface area contributed by atoms with E-state index in [9.17, 15) is 9.59 Å². The zero-order chi connectivity index (χ0) is 20.4. The minimum absolute atomic E-state index is 0.146. The highest BCUT2D eigenvalue weighted by Crippen LogP contribution is 2.29. The molecule has 2 atom stereocenters. The van der Waals surface area contributed by atoms with Gasteiger partial charge in [-0.2, -0.15) is 0 Å². The smallest absolute Gasteiger partial charge is 0.338 e. The first-order valence-corrected chi connectivity index (χ1v) is 9.91. The van der Waals surface area contributed by atoms with E-state index in [0.717, 1.165) is 17.4 Å². The molecule has 4 rings (SSSR count). The Kier molecular flexibility index (Phi) is 5.34. The van der Waals surface area contributed by atoms with Crippen molar-refractivity contribution >= 4 is 22.8 Å². The fourth-order valence-electron chi connectivity index (χ4n) is 4.03. The molecule has 1 aliphatic rings. The van der Waals surface area contributed by atoms with E-state index in [1.807, 2.05) is 30.3 Å². The first-order valence-electron chi connectivity index (χ1n) is 9.91. The van der Waals surface area contributed by atoms with E-state index in [1.165, 1.54) is 0 Å². The van der Waals surface area contributed by atoms with Gasteiger partial charge in [0.25, 0.3) is 5.91 Å². The van der Waals surface area contributed by atoms with Crippen molar-refractivity contribution in [1.29, 1.82) is 0 Å². The van der Waals surface area contributed by atoms with Gasteiger partial charge in [0.05, 0.1) is 10.9 Å². The molecule has 0 N–H and O–H groups in total. The maximum atomic E-state index is 12.5. The molecular weight excluding hydrogens is 368 g/mol. The molecule has 0 spiro atoms. The third kappa shape index (κ3) is 4.16. The maximum Gasteiger partial charge on any atom is 0.338 e. The van der Waals surface area contributed by atoms with Gasteiger partial charge < -0.3 is 14.2 Å². The molecule has 1 amide bonds. The second-order valence-electron chi connectivity index (χ2n) is 7.93. The Hall–Kier alpha value is -3.15. The molecule has 1 fully saturated rings. The molecule has 6 nitrogen and oxygen atoms in total. The van der Waals surface area contributed by atoms with Gasteiger partial charge in [-0.05, 0) is 36.5 Å². The van der Waals surface area contributed by atoms with Crippen molar-refractivity contribution in [2.75, 3.05) is 19.7 Å². The lowest BCUT2D eigenvalue weighted by atomic mass is 9.92. The number of fused-ring (bicyclic) bond motifs is 1. The molecule has 1 saturated heterocycles. The molecule has 1 aliphatic heterocycles. The molecule has 0 unspecified atom stereocenters. The van der Waals surface area contributed by atoms with E-state index in [-0.39, 0.29) is 12.5 Å². The molecule has 3 aromatic rings. The Morgan fingerprint density at radius 3 is 2.55 bits per heavy atom. The van der Waals surface area contributed by atoms with Crippen LogP contribution in [-0.4, -0.2) is 41.6 Å². The van der Waals surface area contributed by atoms with Crippen LogP contribution in [0.15, 0.2) is 53.1 Å². The summed E-state index contributed by atoms with van der Waals surface area (Å²) in [4.78, 5) is 26.8. The van der Waals surface area contributed by atoms with Crippen LogP contribution in [0, 0.1) is 11.8 Å². The second-order valence-corrected chi connectivity index (χ2v) is 7.93. The Balaban J connectivity index is 1.47. The molecule has 0 aliphatic carbocycles. The number of ether oxygens (including phenoxy) is 1. The zero-order valence-corrected chi connectivity index (χ0v) is 16.6. The molecule has 0 saturated carbocycles. The lowest BCUT2D eigenvalue weighted by Gasteiger charge is -2.34. The fourth-order valence-corrected chi connectivity index (χ4v) is 4.03. The van der Waals surface area contributed by atoms with Crippen molar-refractivity contribution in [3.63, 3.8) is 0 Å². The Labute approximate surface area is 169 Å². The van der Waals surface area contributed by atoms with Crippen LogP contribution in [0.25, 0.3) is 22.2 Å². The molecule has 29 heavy (non-hydrogen) atoms. The number of hydrogen-bond acceptors (Lipinski definition) is 5. The summed E-state index contributed by atoms with van der Waals surface area (Å²) in [6, 6.07) is 14.6. The number of carbonyl (C=O) groups excluding carboxylic acids is 2. The first kappa shape index (κ1) is 19.2. The van der Waals surface area contributed by atoms with Crippen LogP contribution in [0.4, 0.5) is 0 Å². The van der Waals surface area contributed by atoms with E-state index in [0.29, 0.717) is 41.8 Å². The van der Waals surface area contributed by atoms with Crippen molar-refractivity contribution in [3.8, 4) is 11.3 Å². The number of nitrogens with zero attached hydrogens (tertiary/aromatic N) is 2. The predicted octanol–water partition coefficient (Wildman–Crippen LogP) is 4.16. The summed E-state index contributed by atoms with van der Waals surface area (Å²) in [5.41, 5.74) is 1.91. The van der Waals surface area contributed by atoms with Gasteiger partial charge in [0, 0.05) is 18.7 Å². The van der Waals surface area contributed by atoms with Gasteiger partial charge in [-0.3, -0.25) is 4.79 Å². The highest BCUT2D eigenvalue weighted by Gasteiger charge is 2.26. The van der Waals surface area contributed by atoms with E-state index in [1.54, 1.807) is 23.1 Å². The van der Waals surface area contributed by atoms with Crippen molar-refractivity contribution in [3.05, 3.63) is 54.1 Å². The molecule has 2 aromatic carbocycles. The number of aromatic nitrogens is 1. The number of amides is 1. The van der Waals surface area contributed by atoms with Crippen molar-refractivity contribution < 1.29 is 18.8 Å². The topological polar surface area (TPSA) is 72.6 Å². The number of carbonyl (C=O) groups is 2. The standard InChI is InChI=1S/C23H24N2O4/c1-15-10-16(2)13-25(12-15)21(26)14-28-23(27)18-8-9-20-19(11-18)22(29-24-20)17-6-4-3-5-7-17/h3-9,11,15-16H,10,12-14H2,1-2H3/t15-,16-/m1/s1. The van der Waals surface area contributed by atoms with Gasteiger partial charge in [0.1, 0.15) is 5.52 Å². The summed E-state index contributed by atoms with van der Waals surface area (Å²) in [7, 11) is 0. The third-order valence-electron chi connectivity index (χ3n) is 5.30. The molecule has 6 heteroatoms. The molecule has 2 heterocycles. The summed E-state index contributed by atoms with van der Waals surface area (Å²) in [6.07, 6.45) is 1.12. The number of rotatable bonds is 4. The third-order valence-corrected chi connectivity index (χ3v) is 5.30. The summed E-state index contributed by atoms with van der Waals surface area (Å²) in [5.74, 6) is 0.852. The Morgan fingerprint density at radius 1 is 1.10 bits per heavy atom. The van der Waals surface area contributed by atoms with Gasteiger partial charge in [-0.25, -0.2) is 4.79 Å². The summed E-state index contributed by atoms with van der Waals surface area (Å²) in [5, 5.41) is 4.79. The van der Waals surface area contributed by atoms with Gasteiger partial charge in [0.2, 0.25) is 0 Å². The normalized spacial score (nSPS) is 19.3. The quantitative estimate of drug-likeness (QED) is 0.624. The van der Waals surface area contributed by atoms with Crippen LogP contribution in [0.5, 0.6) is 0 Å². The summed E-state index contributed by atoms with van der Waals surface area (Å²) < 4.78 is 10.8. The molecule has 150 valence electrons. The maximum absolute atomic E-state index is 12.5. The van der Waals surface area contributed by atoms with Crippen molar-refractivity contribution in [1.82, 2.24) is 10.1 Å². The molecule has 0 bridgehead atoms. The van der Waals surface area contributed by atoms with Crippen LogP contribution in [0.3, 0.4) is 0 Å². The lowest BCUT2D eigenvalue weighted by molar-refractivity contribution is -0.137. The molecule has 0 radical (unpaired) electrons. The largest absolute Gasteiger partial charge is 0.452 e. The monoisotopic (exact) mass is 392 g/mol. The predicted molar refractivity (Wildman–Crippen MR) is 109 cm³/mol. The minimum atomic E-state index is -0.529. The van der Waals surface area contributed by atoms with E-state index >= 15 is 0 Å². The van der Waals surface area contributed by atoms with Crippen LogP contribution < -0.4 is 0 Å². The minimum Gasteiger partial charge on any atom is -0.452 e. The number of esters is 1. The van der Waals surface area contributed by atoms with Gasteiger partial charge >= 0.3 is 5.97 Å². The number of piperidine rings is 1. The second kappa shape index (κ2) is 8.07. The Bertz CT molecular complexity index is 1020. The summed E-state index contributed by atoms with van der Waals surface area (Å²) in [6.45, 7) is 5.47. The van der Waals surface area contributed by atoms with Crippen LogP contribution >= 0.6 is 0 Å². The van der Waals surface area contributed by atoms with Crippen LogP contribution in [-0.2, 0) is 9.53 Å². The fraction of sp³-hybridized carbons (Fsp3) is 0.348. The van der Waals surface area contributed by atoms with Gasteiger partial charge in [-0.1, -0.05) is 49.3 Å². The zero-order valence-electron chi connectivity index (χ0n) is 16.6. The van der Waals surface area contributed by atoms with E-state index < -0.39 is 5.97 Å². The van der Waals surface area contributed by atoms with Gasteiger partial charge in [0.15, 0.2) is 12.4 Å². The lowest BCUT2D eigenvalue weighted by Crippen LogP contribution is -2.44. The number of likely N-dealkylation sites (tertiary alicyclic amines) is 1. The van der Waals surface area contributed by atoms with E-state index in [4.69, 9.17) is 9.26 Å². The van der Waals surface area contributed by atoms with Crippen molar-refractivity contribution in [2.45, 2.75) is 20.3 Å². The highest BCUT2D eigenvalue weighted by atomic mass is 16.5. The van der Waals surface area contributed by atoms with Crippen molar-refractivity contribution in [2.24, 2.45) is 11.8 Å². The van der Waals surface area contributed by atoms with Gasteiger partial charge in [-0.15, -0.1) is 0 Å². The highest BCUT2D eigenvalue weighted by molar-refractivity contribution is 5.99. The van der Waals surface area contributed by atoms with Crippen LogP contribution in [0.1, 0.15) is 30.6 Å². The van der Waals surface area contributed by atoms with Crippen LogP contribution in [0.2, 0.25) is 0 Å². The molecular formula is C23H24N2O4. The first-order chi connectivity index (χ1) is 14.0. The average molecular weight is 392 g/mol. The number of benzene rings is 2. The number of hydrogen-bond donors (Lipinski definition) is 0. The van der Waals surface area contributed by atoms with E-state index in [2.05, 4.69) is 19.0 Å². The summed E-state index contributed by atoms with van der Waals surface area (Å²) >= 11 is 0.